The summed E-state index contributed by atoms with van der Waals surface area (Å²) in [4.78, 5) is 25.6. The minimum Gasteiger partial charge on any atom is -0.334 e. The first kappa shape index (κ1) is 16.2. The summed E-state index contributed by atoms with van der Waals surface area (Å²) in [6, 6.07) is 6.26. The van der Waals surface area contributed by atoms with Gasteiger partial charge in [-0.1, -0.05) is 25.5 Å². The van der Waals surface area contributed by atoms with Crippen LogP contribution in [-0.4, -0.2) is 21.1 Å². The van der Waals surface area contributed by atoms with Gasteiger partial charge in [-0.15, -0.1) is 0 Å². The Bertz CT molecular complexity index is 774. The lowest BCUT2D eigenvalue weighted by molar-refractivity contribution is -0.384. The topological polar surface area (TPSA) is 63.5 Å². The molecule has 2 aliphatic heterocycles. The van der Waals surface area contributed by atoms with Crippen molar-refractivity contribution in [1.29, 1.82) is 0 Å². The molecule has 0 N–H and O–H groups in total. The number of unbranched alkanes of at least 4 members (excludes halogenated alkanes) is 1. The molecule has 0 fully saturated rings. The van der Waals surface area contributed by atoms with Gasteiger partial charge in [0.15, 0.2) is 5.78 Å². The van der Waals surface area contributed by atoms with Crippen LogP contribution in [-0.2, 0) is 4.79 Å². The molecule has 24 heavy (non-hydrogen) atoms. The van der Waals surface area contributed by atoms with Crippen LogP contribution in [0.2, 0.25) is 0 Å². The van der Waals surface area contributed by atoms with Crippen LogP contribution < -0.4 is 0 Å². The first-order valence-electron chi connectivity index (χ1n) is 8.17. The summed E-state index contributed by atoms with van der Waals surface area (Å²) in [6.45, 7) is 4.04. The van der Waals surface area contributed by atoms with E-state index in [1.54, 1.807) is 12.1 Å². The number of fused-ring (bicyclic) bond motifs is 1. The van der Waals surface area contributed by atoms with Gasteiger partial charge in [0.2, 0.25) is 0 Å². The van der Waals surface area contributed by atoms with Gasteiger partial charge < -0.3 is 4.90 Å². The van der Waals surface area contributed by atoms with Crippen LogP contribution in [0, 0.1) is 10.1 Å². The maximum atomic E-state index is 13.1. The lowest BCUT2D eigenvalue weighted by Gasteiger charge is -2.34. The zero-order chi connectivity index (χ0) is 17.3. The van der Waals surface area contributed by atoms with Gasteiger partial charge in [-0.3, -0.25) is 14.9 Å². The molecular formula is C19H20N2O3. The molecule has 0 bridgehead atoms. The van der Waals surface area contributed by atoms with Gasteiger partial charge in [-0.05, 0) is 43.5 Å². The number of hydrogen-bond acceptors (Lipinski definition) is 4. The molecule has 2 heterocycles. The van der Waals surface area contributed by atoms with Crippen molar-refractivity contribution < 1.29 is 9.72 Å². The summed E-state index contributed by atoms with van der Waals surface area (Å²) in [7, 11) is 0. The monoisotopic (exact) mass is 324 g/mol. The minimum atomic E-state index is -0.699. The molecule has 0 spiro atoms. The first-order chi connectivity index (χ1) is 11.5. The van der Waals surface area contributed by atoms with Crippen LogP contribution in [0.25, 0.3) is 5.57 Å². The summed E-state index contributed by atoms with van der Waals surface area (Å²) in [5, 5.41) is 10.9. The van der Waals surface area contributed by atoms with Crippen molar-refractivity contribution >= 4 is 17.0 Å². The number of carbonyl (C=O) groups excluding carboxylic acids is 1. The number of allylic oxidation sites excluding steroid dienone is 3. The van der Waals surface area contributed by atoms with E-state index in [-0.39, 0.29) is 11.5 Å². The van der Waals surface area contributed by atoms with E-state index in [1.807, 2.05) is 36.3 Å². The third-order valence-electron chi connectivity index (χ3n) is 4.67. The molecule has 1 atom stereocenters. The van der Waals surface area contributed by atoms with Crippen molar-refractivity contribution in [2.45, 2.75) is 38.6 Å². The number of hydrogen-bond donors (Lipinski definition) is 0. The predicted molar refractivity (Wildman–Crippen MR) is 93.1 cm³/mol. The summed E-state index contributed by atoms with van der Waals surface area (Å²) in [5.74, 6) is 0.0445. The lowest BCUT2D eigenvalue weighted by Crippen LogP contribution is -2.43. The lowest BCUT2D eigenvalue weighted by atomic mass is 9.89. The van der Waals surface area contributed by atoms with Gasteiger partial charge in [0.25, 0.3) is 5.69 Å². The molecular weight excluding hydrogens is 304 g/mol. The summed E-state index contributed by atoms with van der Waals surface area (Å²) in [5.41, 5.74) is 1.75. The number of nitrogens with zero attached hydrogens (tertiary/aromatic N) is 2. The Labute approximate surface area is 141 Å². The Morgan fingerprint density at radius 3 is 2.54 bits per heavy atom. The van der Waals surface area contributed by atoms with E-state index >= 15 is 0 Å². The maximum Gasteiger partial charge on any atom is 0.269 e. The van der Waals surface area contributed by atoms with Crippen LogP contribution in [0.5, 0.6) is 0 Å². The van der Waals surface area contributed by atoms with Crippen LogP contribution in [0.4, 0.5) is 5.69 Å². The number of carbonyl (C=O) groups is 1. The molecule has 0 saturated carbocycles. The number of rotatable bonds is 5. The van der Waals surface area contributed by atoms with Gasteiger partial charge in [0.1, 0.15) is 5.54 Å². The van der Waals surface area contributed by atoms with Gasteiger partial charge in [-0.2, -0.15) is 0 Å². The van der Waals surface area contributed by atoms with Crippen molar-refractivity contribution in [1.82, 2.24) is 4.90 Å². The second kappa shape index (κ2) is 6.07. The minimum absolute atomic E-state index is 0.0311. The molecule has 1 aromatic rings. The van der Waals surface area contributed by atoms with Gasteiger partial charge in [-0.25, -0.2) is 0 Å². The average Bonchev–Trinajstić information content (AvgIpc) is 2.81. The highest BCUT2D eigenvalue weighted by molar-refractivity contribution is 6.29. The highest BCUT2D eigenvalue weighted by Crippen LogP contribution is 2.43. The van der Waals surface area contributed by atoms with E-state index < -0.39 is 10.5 Å². The largest absolute Gasteiger partial charge is 0.334 e. The maximum absolute atomic E-state index is 13.1. The van der Waals surface area contributed by atoms with E-state index in [4.69, 9.17) is 0 Å². The third-order valence-corrected chi connectivity index (χ3v) is 4.67. The molecule has 0 amide bonds. The molecule has 124 valence electrons. The Morgan fingerprint density at radius 2 is 1.92 bits per heavy atom. The smallest absolute Gasteiger partial charge is 0.269 e. The zero-order valence-electron chi connectivity index (χ0n) is 13.9. The van der Waals surface area contributed by atoms with Gasteiger partial charge in [0.05, 0.1) is 4.92 Å². The number of nitro groups is 1. The molecule has 5 nitrogen and oxygen atoms in total. The van der Waals surface area contributed by atoms with Crippen LogP contribution in [0.15, 0.2) is 54.4 Å². The van der Waals surface area contributed by atoms with Crippen molar-refractivity contribution in [3.8, 4) is 0 Å². The second-order valence-electron chi connectivity index (χ2n) is 6.28. The Kier molecular flexibility index (Phi) is 4.09. The molecule has 0 saturated heterocycles. The normalized spacial score (nSPS) is 22.2. The number of Topliss-reactive ketones (excluding diaryl/α,β-unsaturated/α-hetero) is 1. The van der Waals surface area contributed by atoms with E-state index in [0.29, 0.717) is 5.57 Å². The number of benzene rings is 1. The Balaban J connectivity index is 2.09. The molecule has 0 aliphatic carbocycles. The van der Waals surface area contributed by atoms with Gasteiger partial charge >= 0.3 is 0 Å². The molecule has 0 aromatic heterocycles. The fourth-order valence-corrected chi connectivity index (χ4v) is 3.31. The van der Waals surface area contributed by atoms with E-state index in [0.717, 1.165) is 30.5 Å². The molecule has 3 rings (SSSR count). The molecule has 0 radical (unpaired) electrons. The number of nitro benzene ring substituents is 1. The van der Waals surface area contributed by atoms with E-state index in [9.17, 15) is 14.9 Å². The summed E-state index contributed by atoms with van der Waals surface area (Å²) < 4.78 is 0. The van der Waals surface area contributed by atoms with E-state index in [1.165, 1.54) is 12.1 Å². The standard InChI is InChI=1S/C19H20N2O3/c1-3-4-7-16-17(14-8-10-15(11-9-14)21(23)24)18(22)19(2)12-5-6-13-20(16)19/h5-6,8-13H,3-4,7H2,1-2H3. The average molecular weight is 324 g/mol. The Hall–Kier alpha value is -2.69. The summed E-state index contributed by atoms with van der Waals surface area (Å²) >= 11 is 0. The quantitative estimate of drug-likeness (QED) is 0.601. The Morgan fingerprint density at radius 1 is 1.21 bits per heavy atom. The molecule has 2 aliphatic rings. The predicted octanol–water partition coefficient (Wildman–Crippen LogP) is 4.22. The third kappa shape index (κ3) is 2.46. The number of ketones is 1. The highest BCUT2D eigenvalue weighted by atomic mass is 16.6. The second-order valence-corrected chi connectivity index (χ2v) is 6.28. The fourth-order valence-electron chi connectivity index (χ4n) is 3.31. The molecule has 5 heteroatoms. The highest BCUT2D eigenvalue weighted by Gasteiger charge is 2.47. The molecule has 1 aromatic carbocycles. The van der Waals surface area contributed by atoms with Crippen LogP contribution in [0.1, 0.15) is 38.7 Å². The number of non-ortho nitro benzene ring substituents is 1. The van der Waals surface area contributed by atoms with Crippen molar-refractivity contribution in [2.75, 3.05) is 0 Å². The van der Waals surface area contributed by atoms with Crippen molar-refractivity contribution in [3.63, 3.8) is 0 Å². The van der Waals surface area contributed by atoms with Crippen LogP contribution >= 0.6 is 0 Å². The van der Waals surface area contributed by atoms with Crippen molar-refractivity contribution in [3.05, 3.63) is 70.1 Å². The van der Waals surface area contributed by atoms with E-state index in [2.05, 4.69) is 6.92 Å². The molecule has 1 unspecified atom stereocenters. The summed E-state index contributed by atoms with van der Waals surface area (Å²) in [6.07, 6.45) is 10.5. The first-order valence-corrected chi connectivity index (χ1v) is 8.17. The fraction of sp³-hybridized carbons (Fsp3) is 0.316. The van der Waals surface area contributed by atoms with Crippen molar-refractivity contribution in [2.24, 2.45) is 0 Å². The van der Waals surface area contributed by atoms with Gasteiger partial charge in [0, 0.05) is 29.6 Å². The zero-order valence-corrected chi connectivity index (χ0v) is 13.9. The SMILES string of the molecule is CCCCC1=C(c2ccc([N+](=O)[O-])cc2)C(=O)C2(C)C=CC=CN12. The van der Waals surface area contributed by atoms with Crippen LogP contribution in [0.3, 0.4) is 0 Å².